The van der Waals surface area contributed by atoms with Gasteiger partial charge in [-0.2, -0.15) is 0 Å². The number of rotatable bonds is 6. The van der Waals surface area contributed by atoms with Gasteiger partial charge in [0.25, 0.3) is 0 Å². The fraction of sp³-hybridized carbons (Fsp3) is 0.643. The van der Waals surface area contributed by atoms with Gasteiger partial charge in [0.2, 0.25) is 0 Å². The van der Waals surface area contributed by atoms with E-state index in [1.807, 2.05) is 18.2 Å². The van der Waals surface area contributed by atoms with E-state index in [-0.39, 0.29) is 0 Å². The number of nitrogens with one attached hydrogen (secondary N) is 2. The molecule has 1 aromatic heterocycles. The summed E-state index contributed by atoms with van der Waals surface area (Å²) in [6, 6.07) is 6.07. The van der Waals surface area contributed by atoms with Crippen LogP contribution in [0.3, 0.4) is 0 Å². The highest BCUT2D eigenvalue weighted by molar-refractivity contribution is 5.45. The van der Waals surface area contributed by atoms with E-state index < -0.39 is 0 Å². The molecule has 0 bridgehead atoms. The molecule has 1 saturated carbocycles. The Balaban J connectivity index is 1.95. The van der Waals surface area contributed by atoms with E-state index in [0.29, 0.717) is 5.54 Å². The van der Waals surface area contributed by atoms with Gasteiger partial charge in [0, 0.05) is 18.6 Å². The zero-order valence-corrected chi connectivity index (χ0v) is 11.7. The van der Waals surface area contributed by atoms with Crippen LogP contribution in [0.25, 0.3) is 0 Å². The molecule has 0 radical (unpaired) electrons. The van der Waals surface area contributed by atoms with Crippen molar-refractivity contribution < 1.29 is 0 Å². The molecule has 0 atom stereocenters. The first-order valence-electron chi connectivity index (χ1n) is 6.78. The first-order valence-corrected chi connectivity index (χ1v) is 6.78. The molecule has 2 rings (SSSR count). The highest BCUT2D eigenvalue weighted by atomic mass is 15.2. The van der Waals surface area contributed by atoms with E-state index in [0.717, 1.165) is 24.7 Å². The smallest absolute Gasteiger partial charge is 0.128 e. The number of pyridine rings is 1. The summed E-state index contributed by atoms with van der Waals surface area (Å²) >= 11 is 0. The maximum atomic E-state index is 4.54. The summed E-state index contributed by atoms with van der Waals surface area (Å²) in [5.74, 6) is 1.90. The Morgan fingerprint density at radius 2 is 1.89 bits per heavy atom. The molecular weight excluding hydrogens is 224 g/mol. The first kappa shape index (κ1) is 13.1. The van der Waals surface area contributed by atoms with Crippen LogP contribution in [0.1, 0.15) is 26.2 Å². The fourth-order valence-electron chi connectivity index (χ4n) is 2.43. The van der Waals surface area contributed by atoms with Crippen molar-refractivity contribution in [3.63, 3.8) is 0 Å². The number of likely N-dealkylation sites (N-methyl/N-ethyl adjacent to an activating group) is 1. The van der Waals surface area contributed by atoms with Crippen molar-refractivity contribution in [1.82, 2.24) is 9.88 Å². The second kappa shape index (κ2) is 5.57. The zero-order chi connectivity index (χ0) is 13.0. The van der Waals surface area contributed by atoms with Crippen LogP contribution in [0.5, 0.6) is 0 Å². The maximum Gasteiger partial charge on any atom is 0.128 e. The summed E-state index contributed by atoms with van der Waals surface area (Å²) < 4.78 is 0. The van der Waals surface area contributed by atoms with Gasteiger partial charge in [0.15, 0.2) is 0 Å². The summed E-state index contributed by atoms with van der Waals surface area (Å²) in [5, 5.41) is 6.71. The van der Waals surface area contributed by atoms with Crippen molar-refractivity contribution in [2.45, 2.75) is 31.7 Å². The van der Waals surface area contributed by atoms with Gasteiger partial charge >= 0.3 is 0 Å². The summed E-state index contributed by atoms with van der Waals surface area (Å²) in [5.41, 5.74) is 0.329. The molecule has 4 heteroatoms. The van der Waals surface area contributed by atoms with Crippen LogP contribution >= 0.6 is 0 Å². The van der Waals surface area contributed by atoms with Gasteiger partial charge in [-0.1, -0.05) is 6.07 Å². The van der Waals surface area contributed by atoms with E-state index in [4.69, 9.17) is 0 Å². The summed E-state index contributed by atoms with van der Waals surface area (Å²) in [6.07, 6.45) is 3.89. The van der Waals surface area contributed by atoms with Gasteiger partial charge in [-0.05, 0) is 52.4 Å². The summed E-state index contributed by atoms with van der Waals surface area (Å²) in [7, 11) is 4.34. The minimum absolute atomic E-state index is 0.329. The van der Waals surface area contributed by atoms with Crippen molar-refractivity contribution >= 4 is 11.6 Å². The molecule has 0 spiro atoms. The Morgan fingerprint density at radius 3 is 2.39 bits per heavy atom. The van der Waals surface area contributed by atoms with E-state index >= 15 is 0 Å². The number of nitrogens with zero attached hydrogens (tertiary/aromatic N) is 2. The highest BCUT2D eigenvalue weighted by Gasteiger charge is 2.38. The Morgan fingerprint density at radius 1 is 1.22 bits per heavy atom. The number of aromatic nitrogens is 1. The van der Waals surface area contributed by atoms with Crippen molar-refractivity contribution in [2.75, 3.05) is 37.8 Å². The minimum Gasteiger partial charge on any atom is -0.370 e. The molecule has 1 aromatic rings. The lowest BCUT2D eigenvalue weighted by Crippen LogP contribution is -2.54. The van der Waals surface area contributed by atoms with Gasteiger partial charge in [-0.15, -0.1) is 0 Å². The van der Waals surface area contributed by atoms with Crippen LogP contribution in [-0.4, -0.2) is 42.6 Å². The molecule has 1 fully saturated rings. The molecule has 1 heterocycles. The lowest BCUT2D eigenvalue weighted by atomic mass is 9.75. The normalized spacial score (nSPS) is 17.3. The highest BCUT2D eigenvalue weighted by Crippen LogP contribution is 2.36. The molecule has 0 saturated heterocycles. The van der Waals surface area contributed by atoms with Crippen molar-refractivity contribution in [3.8, 4) is 0 Å². The standard InChI is InChI=1S/C14H24N4/c1-4-15-12-7-5-8-13(17-12)16-11-14(18(2)3)9-6-10-14/h5,7-8H,4,6,9-11H2,1-3H3,(H2,15,16,17). The van der Waals surface area contributed by atoms with Crippen LogP contribution < -0.4 is 10.6 Å². The molecule has 18 heavy (non-hydrogen) atoms. The van der Waals surface area contributed by atoms with Crippen LogP contribution in [0.4, 0.5) is 11.6 Å². The van der Waals surface area contributed by atoms with Gasteiger partial charge in [-0.3, -0.25) is 0 Å². The van der Waals surface area contributed by atoms with Crippen molar-refractivity contribution in [2.24, 2.45) is 0 Å². The van der Waals surface area contributed by atoms with Crippen LogP contribution in [0, 0.1) is 0 Å². The van der Waals surface area contributed by atoms with Crippen LogP contribution in [-0.2, 0) is 0 Å². The largest absolute Gasteiger partial charge is 0.370 e. The Hall–Kier alpha value is -1.29. The van der Waals surface area contributed by atoms with E-state index in [2.05, 4.69) is 41.5 Å². The average molecular weight is 248 g/mol. The third-order valence-electron chi connectivity index (χ3n) is 3.94. The van der Waals surface area contributed by atoms with Crippen LogP contribution in [0.15, 0.2) is 18.2 Å². The predicted molar refractivity (Wildman–Crippen MR) is 77.2 cm³/mol. The van der Waals surface area contributed by atoms with Crippen molar-refractivity contribution in [1.29, 1.82) is 0 Å². The first-order chi connectivity index (χ1) is 8.66. The molecule has 1 aliphatic carbocycles. The summed E-state index contributed by atoms with van der Waals surface area (Å²) in [6.45, 7) is 3.96. The molecular formula is C14H24N4. The van der Waals surface area contributed by atoms with Gasteiger partial charge < -0.3 is 15.5 Å². The Kier molecular flexibility index (Phi) is 4.07. The van der Waals surface area contributed by atoms with E-state index in [1.165, 1.54) is 19.3 Å². The molecule has 0 aliphatic heterocycles. The van der Waals surface area contributed by atoms with E-state index in [9.17, 15) is 0 Å². The zero-order valence-electron chi connectivity index (χ0n) is 11.7. The lowest BCUT2D eigenvalue weighted by Gasteiger charge is -2.47. The number of hydrogen-bond donors (Lipinski definition) is 2. The molecule has 100 valence electrons. The Bertz CT molecular complexity index is 385. The minimum atomic E-state index is 0.329. The quantitative estimate of drug-likeness (QED) is 0.811. The summed E-state index contributed by atoms with van der Waals surface area (Å²) in [4.78, 5) is 6.89. The van der Waals surface area contributed by atoms with Crippen molar-refractivity contribution in [3.05, 3.63) is 18.2 Å². The van der Waals surface area contributed by atoms with Gasteiger partial charge in [0.1, 0.15) is 11.6 Å². The second-order valence-electron chi connectivity index (χ2n) is 5.26. The van der Waals surface area contributed by atoms with E-state index in [1.54, 1.807) is 0 Å². The predicted octanol–water partition coefficient (Wildman–Crippen LogP) is 2.41. The van der Waals surface area contributed by atoms with Gasteiger partial charge in [0.05, 0.1) is 0 Å². The third kappa shape index (κ3) is 2.75. The topological polar surface area (TPSA) is 40.2 Å². The average Bonchev–Trinajstić information content (AvgIpc) is 2.28. The maximum absolute atomic E-state index is 4.54. The monoisotopic (exact) mass is 248 g/mol. The van der Waals surface area contributed by atoms with Crippen LogP contribution in [0.2, 0.25) is 0 Å². The molecule has 4 nitrogen and oxygen atoms in total. The molecule has 1 aliphatic rings. The molecule has 2 N–H and O–H groups in total. The molecule has 0 unspecified atom stereocenters. The third-order valence-corrected chi connectivity index (χ3v) is 3.94. The molecule has 0 aromatic carbocycles. The Labute approximate surface area is 110 Å². The molecule has 0 amide bonds. The number of anilines is 2. The lowest BCUT2D eigenvalue weighted by molar-refractivity contribution is 0.0738. The SMILES string of the molecule is CCNc1cccc(NCC2(N(C)C)CCC2)n1. The van der Waals surface area contributed by atoms with Gasteiger partial charge in [-0.25, -0.2) is 4.98 Å². The fourth-order valence-corrected chi connectivity index (χ4v) is 2.43. The number of hydrogen-bond acceptors (Lipinski definition) is 4. The second-order valence-corrected chi connectivity index (χ2v) is 5.26.